The predicted octanol–water partition coefficient (Wildman–Crippen LogP) is 1.92. The van der Waals surface area contributed by atoms with Crippen LogP contribution in [0.2, 0.25) is 0 Å². The van der Waals surface area contributed by atoms with Gasteiger partial charge >= 0.3 is 5.97 Å². The van der Waals surface area contributed by atoms with E-state index in [-0.39, 0.29) is 6.10 Å². The second-order valence-corrected chi connectivity index (χ2v) is 5.25. The summed E-state index contributed by atoms with van der Waals surface area (Å²) >= 11 is 0. The number of esters is 1. The molecule has 0 saturated carbocycles. The Morgan fingerprint density at radius 1 is 1.40 bits per heavy atom. The van der Waals surface area contributed by atoms with Crippen molar-refractivity contribution >= 4 is 17.3 Å². The maximum absolute atomic E-state index is 11.7. The Morgan fingerprint density at radius 3 is 2.80 bits per heavy atom. The first kappa shape index (κ1) is 14.7. The molecule has 1 heterocycles. The van der Waals surface area contributed by atoms with Crippen LogP contribution in [-0.2, 0) is 9.47 Å². The molecule has 0 aliphatic carbocycles. The van der Waals surface area contributed by atoms with Crippen LogP contribution in [0, 0.1) is 5.92 Å². The van der Waals surface area contributed by atoms with Crippen LogP contribution in [0.3, 0.4) is 0 Å². The fourth-order valence-electron chi connectivity index (χ4n) is 2.60. The number of nitrogens with two attached hydrogens (primary N) is 1. The molecule has 1 fully saturated rings. The summed E-state index contributed by atoms with van der Waals surface area (Å²) in [5.41, 5.74) is 7.66. The number of ether oxygens (including phenoxy) is 2. The zero-order chi connectivity index (χ0) is 14.7. The molecule has 110 valence electrons. The van der Waals surface area contributed by atoms with Gasteiger partial charge < -0.3 is 20.1 Å². The zero-order valence-corrected chi connectivity index (χ0v) is 12.3. The van der Waals surface area contributed by atoms with Crippen LogP contribution < -0.4 is 10.6 Å². The molecule has 1 aliphatic rings. The first-order valence-electron chi connectivity index (χ1n) is 6.82. The van der Waals surface area contributed by atoms with Gasteiger partial charge in [0, 0.05) is 31.6 Å². The van der Waals surface area contributed by atoms with Crippen LogP contribution in [0.4, 0.5) is 11.4 Å². The molecule has 2 rings (SSSR count). The van der Waals surface area contributed by atoms with Gasteiger partial charge in [-0.15, -0.1) is 0 Å². The number of carbonyl (C=O) groups is 1. The molecule has 1 aromatic carbocycles. The quantitative estimate of drug-likeness (QED) is 0.676. The lowest BCUT2D eigenvalue weighted by molar-refractivity contribution is 0.0498. The number of hydrogen-bond donors (Lipinski definition) is 1. The van der Waals surface area contributed by atoms with Crippen LogP contribution in [0.25, 0.3) is 0 Å². The highest BCUT2D eigenvalue weighted by atomic mass is 16.5. The second-order valence-electron chi connectivity index (χ2n) is 5.25. The minimum Gasteiger partial charge on any atom is -0.465 e. The SMILES string of the molecule is COC(=O)c1cc(N2CCC(C)C(OC)C2)ccc1N. The topological polar surface area (TPSA) is 64.8 Å². The third-order valence-electron chi connectivity index (χ3n) is 4.00. The summed E-state index contributed by atoms with van der Waals surface area (Å²) in [4.78, 5) is 13.9. The third kappa shape index (κ3) is 2.88. The van der Waals surface area contributed by atoms with Crippen molar-refractivity contribution in [2.24, 2.45) is 5.92 Å². The van der Waals surface area contributed by atoms with Gasteiger partial charge in [0.05, 0.1) is 18.8 Å². The van der Waals surface area contributed by atoms with Gasteiger partial charge in [-0.3, -0.25) is 0 Å². The van der Waals surface area contributed by atoms with Gasteiger partial charge in [-0.25, -0.2) is 4.79 Å². The van der Waals surface area contributed by atoms with Gasteiger partial charge in [-0.05, 0) is 30.5 Å². The van der Waals surface area contributed by atoms with Crippen molar-refractivity contribution in [2.75, 3.05) is 37.9 Å². The molecular weight excluding hydrogens is 256 g/mol. The summed E-state index contributed by atoms with van der Waals surface area (Å²) in [7, 11) is 3.10. The zero-order valence-electron chi connectivity index (χ0n) is 12.3. The van der Waals surface area contributed by atoms with Gasteiger partial charge in [0.15, 0.2) is 0 Å². The Hall–Kier alpha value is -1.75. The van der Waals surface area contributed by atoms with E-state index in [9.17, 15) is 4.79 Å². The average molecular weight is 278 g/mol. The van der Waals surface area contributed by atoms with E-state index in [2.05, 4.69) is 11.8 Å². The van der Waals surface area contributed by atoms with Crippen molar-refractivity contribution in [2.45, 2.75) is 19.4 Å². The Kier molecular flexibility index (Phi) is 4.49. The molecule has 0 bridgehead atoms. The van der Waals surface area contributed by atoms with Crippen LogP contribution in [0.1, 0.15) is 23.7 Å². The lowest BCUT2D eigenvalue weighted by Gasteiger charge is -2.37. The molecule has 0 aromatic heterocycles. The molecule has 5 nitrogen and oxygen atoms in total. The lowest BCUT2D eigenvalue weighted by Crippen LogP contribution is -2.44. The first-order valence-corrected chi connectivity index (χ1v) is 6.82. The van der Waals surface area contributed by atoms with E-state index < -0.39 is 5.97 Å². The molecule has 2 N–H and O–H groups in total. The molecule has 0 spiro atoms. The van der Waals surface area contributed by atoms with E-state index >= 15 is 0 Å². The van der Waals surface area contributed by atoms with Crippen molar-refractivity contribution in [1.29, 1.82) is 0 Å². The van der Waals surface area contributed by atoms with Gasteiger partial charge in [0.1, 0.15) is 0 Å². The molecule has 2 atom stereocenters. The number of piperidine rings is 1. The number of methoxy groups -OCH3 is 2. The summed E-state index contributed by atoms with van der Waals surface area (Å²) in [6.07, 6.45) is 1.28. The monoisotopic (exact) mass is 278 g/mol. The summed E-state index contributed by atoms with van der Waals surface area (Å²) in [5.74, 6) is 0.142. The summed E-state index contributed by atoms with van der Waals surface area (Å²) in [5, 5.41) is 0. The normalized spacial score (nSPS) is 22.6. The van der Waals surface area contributed by atoms with E-state index in [0.717, 1.165) is 25.2 Å². The molecule has 5 heteroatoms. The van der Waals surface area contributed by atoms with E-state index in [1.165, 1.54) is 7.11 Å². The molecular formula is C15H22N2O3. The Bertz CT molecular complexity index is 490. The Balaban J connectivity index is 2.23. The van der Waals surface area contributed by atoms with Gasteiger partial charge in [-0.2, -0.15) is 0 Å². The molecule has 2 unspecified atom stereocenters. The molecule has 20 heavy (non-hydrogen) atoms. The summed E-state index contributed by atoms with van der Waals surface area (Å²) in [6.45, 7) is 3.97. The summed E-state index contributed by atoms with van der Waals surface area (Å²) < 4.78 is 10.3. The van der Waals surface area contributed by atoms with E-state index in [1.54, 1.807) is 19.2 Å². The molecule has 1 aliphatic heterocycles. The summed E-state index contributed by atoms with van der Waals surface area (Å²) in [6, 6.07) is 5.48. The number of rotatable bonds is 3. The number of hydrogen-bond acceptors (Lipinski definition) is 5. The van der Waals surface area contributed by atoms with Gasteiger partial charge in [0.2, 0.25) is 0 Å². The number of carbonyl (C=O) groups excluding carboxylic acids is 1. The van der Waals surface area contributed by atoms with Crippen molar-refractivity contribution < 1.29 is 14.3 Å². The Morgan fingerprint density at radius 2 is 2.15 bits per heavy atom. The maximum atomic E-state index is 11.7. The van der Waals surface area contributed by atoms with Crippen molar-refractivity contribution in [1.82, 2.24) is 0 Å². The molecule has 1 saturated heterocycles. The van der Waals surface area contributed by atoms with Crippen LogP contribution >= 0.6 is 0 Å². The number of nitrogens with zero attached hydrogens (tertiary/aromatic N) is 1. The highest BCUT2D eigenvalue weighted by Crippen LogP contribution is 2.27. The second kappa shape index (κ2) is 6.13. The van der Waals surface area contributed by atoms with Crippen LogP contribution in [-0.4, -0.2) is 39.4 Å². The number of nitrogen functional groups attached to an aromatic ring is 1. The van der Waals surface area contributed by atoms with Gasteiger partial charge in [-0.1, -0.05) is 6.92 Å². The van der Waals surface area contributed by atoms with Crippen molar-refractivity contribution in [3.05, 3.63) is 23.8 Å². The lowest BCUT2D eigenvalue weighted by atomic mass is 9.95. The minimum atomic E-state index is -0.405. The highest BCUT2D eigenvalue weighted by molar-refractivity contribution is 5.96. The van der Waals surface area contributed by atoms with E-state index in [0.29, 0.717) is 17.2 Å². The first-order chi connectivity index (χ1) is 9.56. The fourth-order valence-corrected chi connectivity index (χ4v) is 2.60. The highest BCUT2D eigenvalue weighted by Gasteiger charge is 2.26. The molecule has 0 radical (unpaired) electrons. The third-order valence-corrected chi connectivity index (χ3v) is 4.00. The smallest absolute Gasteiger partial charge is 0.340 e. The van der Waals surface area contributed by atoms with Crippen LogP contribution in [0.5, 0.6) is 0 Å². The fraction of sp³-hybridized carbons (Fsp3) is 0.533. The van der Waals surface area contributed by atoms with Gasteiger partial charge in [0.25, 0.3) is 0 Å². The van der Waals surface area contributed by atoms with Crippen molar-refractivity contribution in [3.63, 3.8) is 0 Å². The van der Waals surface area contributed by atoms with Crippen LogP contribution in [0.15, 0.2) is 18.2 Å². The van der Waals surface area contributed by atoms with Crippen molar-refractivity contribution in [3.8, 4) is 0 Å². The minimum absolute atomic E-state index is 0.211. The van der Waals surface area contributed by atoms with E-state index in [1.807, 2.05) is 6.07 Å². The standard InChI is InChI=1S/C15H22N2O3/c1-10-6-7-17(9-14(10)19-2)11-4-5-13(16)12(8-11)15(18)20-3/h4-5,8,10,14H,6-7,9,16H2,1-3H3. The van der Waals surface area contributed by atoms with E-state index in [4.69, 9.17) is 15.2 Å². The maximum Gasteiger partial charge on any atom is 0.340 e. The Labute approximate surface area is 119 Å². The molecule has 1 aromatic rings. The number of benzene rings is 1. The predicted molar refractivity (Wildman–Crippen MR) is 79.0 cm³/mol. The largest absolute Gasteiger partial charge is 0.465 e. The number of anilines is 2. The average Bonchev–Trinajstić information content (AvgIpc) is 2.47. The molecule has 0 amide bonds.